The van der Waals surface area contributed by atoms with Crippen LogP contribution < -0.4 is 20.1 Å². The molecular formula is C16H22N2O3. The molecule has 21 heavy (non-hydrogen) atoms. The van der Waals surface area contributed by atoms with Crippen molar-refractivity contribution < 1.29 is 14.3 Å². The van der Waals surface area contributed by atoms with E-state index in [0.717, 1.165) is 19.5 Å². The lowest BCUT2D eigenvalue weighted by molar-refractivity contribution is 0.0956. The quantitative estimate of drug-likeness (QED) is 0.784. The minimum atomic E-state index is -0.101. The molecule has 1 heterocycles. The van der Waals surface area contributed by atoms with Crippen LogP contribution in [0.4, 0.5) is 0 Å². The minimum Gasteiger partial charge on any atom is -0.493 e. The highest BCUT2D eigenvalue weighted by molar-refractivity contribution is 5.95. The summed E-state index contributed by atoms with van der Waals surface area (Å²) in [6.45, 7) is 4.91. The van der Waals surface area contributed by atoms with Crippen molar-refractivity contribution in [2.75, 3.05) is 33.4 Å². The Labute approximate surface area is 125 Å². The van der Waals surface area contributed by atoms with Gasteiger partial charge in [-0.15, -0.1) is 0 Å². The van der Waals surface area contributed by atoms with Gasteiger partial charge in [-0.1, -0.05) is 11.6 Å². The van der Waals surface area contributed by atoms with Crippen LogP contribution in [0, 0.1) is 0 Å². The maximum atomic E-state index is 12.2. The fraction of sp³-hybridized carbons (Fsp3) is 0.438. The van der Waals surface area contributed by atoms with E-state index in [4.69, 9.17) is 9.47 Å². The van der Waals surface area contributed by atoms with E-state index in [1.54, 1.807) is 25.3 Å². The van der Waals surface area contributed by atoms with Crippen LogP contribution in [0.1, 0.15) is 23.7 Å². The summed E-state index contributed by atoms with van der Waals surface area (Å²) >= 11 is 0. The second-order valence-electron chi connectivity index (χ2n) is 4.80. The smallest absolute Gasteiger partial charge is 0.251 e. The molecule has 2 rings (SSSR count). The summed E-state index contributed by atoms with van der Waals surface area (Å²) in [7, 11) is 1.57. The Morgan fingerprint density at radius 1 is 1.38 bits per heavy atom. The van der Waals surface area contributed by atoms with Gasteiger partial charge in [0.15, 0.2) is 11.5 Å². The molecule has 0 unspecified atom stereocenters. The molecule has 1 aliphatic rings. The first-order chi connectivity index (χ1) is 10.2. The predicted molar refractivity (Wildman–Crippen MR) is 82.1 cm³/mol. The van der Waals surface area contributed by atoms with Crippen LogP contribution in [-0.4, -0.2) is 39.3 Å². The van der Waals surface area contributed by atoms with Crippen molar-refractivity contribution >= 4 is 5.91 Å². The first-order valence-corrected chi connectivity index (χ1v) is 7.22. The Morgan fingerprint density at radius 3 is 2.90 bits per heavy atom. The Kier molecular flexibility index (Phi) is 5.63. The van der Waals surface area contributed by atoms with E-state index in [9.17, 15) is 4.79 Å². The largest absolute Gasteiger partial charge is 0.493 e. The van der Waals surface area contributed by atoms with Crippen LogP contribution in [-0.2, 0) is 0 Å². The molecule has 5 heteroatoms. The van der Waals surface area contributed by atoms with E-state index in [1.807, 2.05) is 6.92 Å². The summed E-state index contributed by atoms with van der Waals surface area (Å²) in [5.41, 5.74) is 1.84. The molecule has 1 amide bonds. The Balaban J connectivity index is 1.99. The molecule has 114 valence electrons. The first-order valence-electron chi connectivity index (χ1n) is 7.22. The minimum absolute atomic E-state index is 0.101. The van der Waals surface area contributed by atoms with Gasteiger partial charge in [-0.3, -0.25) is 4.79 Å². The molecule has 5 nitrogen and oxygen atoms in total. The number of ether oxygens (including phenoxy) is 2. The lowest BCUT2D eigenvalue weighted by atomic mass is 10.1. The first kappa shape index (κ1) is 15.4. The lowest BCUT2D eigenvalue weighted by Gasteiger charge is -2.15. The molecule has 0 bridgehead atoms. The van der Waals surface area contributed by atoms with E-state index in [2.05, 4.69) is 16.7 Å². The van der Waals surface area contributed by atoms with Crippen molar-refractivity contribution in [3.05, 3.63) is 35.4 Å². The summed E-state index contributed by atoms with van der Waals surface area (Å²) in [6.07, 6.45) is 3.11. The van der Waals surface area contributed by atoms with E-state index < -0.39 is 0 Å². The van der Waals surface area contributed by atoms with E-state index in [1.165, 1.54) is 5.57 Å². The standard InChI is InChI=1S/C16H22N2O3/c1-3-21-14-5-4-13(10-15(14)20-2)16(19)18-11-12-6-8-17-9-7-12/h4-6,10,17H,3,7-9,11H2,1-2H3,(H,18,19). The second-order valence-corrected chi connectivity index (χ2v) is 4.80. The van der Waals surface area contributed by atoms with Crippen molar-refractivity contribution in [3.8, 4) is 11.5 Å². The predicted octanol–water partition coefficient (Wildman–Crippen LogP) is 1.74. The van der Waals surface area contributed by atoms with Crippen molar-refractivity contribution in [3.63, 3.8) is 0 Å². The molecule has 1 aromatic rings. The fourth-order valence-corrected chi connectivity index (χ4v) is 2.21. The molecule has 0 fully saturated rings. The number of benzene rings is 1. The molecule has 2 N–H and O–H groups in total. The maximum absolute atomic E-state index is 12.2. The van der Waals surface area contributed by atoms with Gasteiger partial charge in [0.25, 0.3) is 5.91 Å². The molecule has 0 radical (unpaired) electrons. The van der Waals surface area contributed by atoms with E-state index >= 15 is 0 Å². The van der Waals surface area contributed by atoms with Gasteiger partial charge in [0.1, 0.15) is 0 Å². The van der Waals surface area contributed by atoms with Gasteiger partial charge in [-0.25, -0.2) is 0 Å². The van der Waals surface area contributed by atoms with E-state index in [-0.39, 0.29) is 5.91 Å². The van der Waals surface area contributed by atoms with Crippen molar-refractivity contribution in [2.24, 2.45) is 0 Å². The number of methoxy groups -OCH3 is 1. The summed E-state index contributed by atoms with van der Waals surface area (Å²) < 4.78 is 10.7. The average molecular weight is 290 g/mol. The Bertz CT molecular complexity index is 526. The Morgan fingerprint density at radius 2 is 2.24 bits per heavy atom. The number of carbonyl (C=O) groups is 1. The van der Waals surface area contributed by atoms with Gasteiger partial charge >= 0.3 is 0 Å². The van der Waals surface area contributed by atoms with Crippen LogP contribution in [0.2, 0.25) is 0 Å². The van der Waals surface area contributed by atoms with Crippen LogP contribution >= 0.6 is 0 Å². The van der Waals surface area contributed by atoms with Gasteiger partial charge < -0.3 is 20.1 Å². The van der Waals surface area contributed by atoms with Gasteiger partial charge in [0.2, 0.25) is 0 Å². The fourth-order valence-electron chi connectivity index (χ4n) is 2.21. The summed E-state index contributed by atoms with van der Waals surface area (Å²) in [6, 6.07) is 5.22. The van der Waals surface area contributed by atoms with Crippen LogP contribution in [0.25, 0.3) is 0 Å². The molecule has 0 aliphatic carbocycles. The second kappa shape index (κ2) is 7.69. The molecule has 0 saturated heterocycles. The van der Waals surface area contributed by atoms with Crippen LogP contribution in [0.3, 0.4) is 0 Å². The lowest BCUT2D eigenvalue weighted by Crippen LogP contribution is -2.29. The molecule has 0 atom stereocenters. The van der Waals surface area contributed by atoms with Gasteiger partial charge in [-0.05, 0) is 38.1 Å². The SMILES string of the molecule is CCOc1ccc(C(=O)NCC2=CCNCC2)cc1OC. The molecule has 1 aromatic carbocycles. The highest BCUT2D eigenvalue weighted by Crippen LogP contribution is 2.27. The molecule has 1 aliphatic heterocycles. The zero-order valence-corrected chi connectivity index (χ0v) is 12.6. The van der Waals surface area contributed by atoms with Crippen LogP contribution in [0.15, 0.2) is 29.8 Å². The number of hydrogen-bond donors (Lipinski definition) is 2. The molecule has 0 saturated carbocycles. The van der Waals surface area contributed by atoms with Crippen molar-refractivity contribution in [1.82, 2.24) is 10.6 Å². The summed E-state index contributed by atoms with van der Waals surface area (Å²) in [5.74, 6) is 1.12. The number of hydrogen-bond acceptors (Lipinski definition) is 4. The van der Waals surface area contributed by atoms with Gasteiger partial charge in [0.05, 0.1) is 13.7 Å². The number of carbonyl (C=O) groups excluding carboxylic acids is 1. The average Bonchev–Trinajstić information content (AvgIpc) is 2.54. The monoisotopic (exact) mass is 290 g/mol. The molecular weight excluding hydrogens is 268 g/mol. The zero-order chi connectivity index (χ0) is 15.1. The highest BCUT2D eigenvalue weighted by Gasteiger charge is 2.11. The summed E-state index contributed by atoms with van der Waals surface area (Å²) in [5, 5.41) is 6.19. The molecule has 0 spiro atoms. The normalized spacial score (nSPS) is 14.3. The highest BCUT2D eigenvalue weighted by atomic mass is 16.5. The third kappa shape index (κ3) is 4.23. The van der Waals surface area contributed by atoms with Crippen molar-refractivity contribution in [2.45, 2.75) is 13.3 Å². The maximum Gasteiger partial charge on any atom is 0.251 e. The summed E-state index contributed by atoms with van der Waals surface area (Å²) in [4.78, 5) is 12.2. The molecule has 0 aromatic heterocycles. The Hall–Kier alpha value is -2.01. The van der Waals surface area contributed by atoms with Crippen molar-refractivity contribution in [1.29, 1.82) is 0 Å². The third-order valence-electron chi connectivity index (χ3n) is 3.36. The number of nitrogens with one attached hydrogen (secondary N) is 2. The third-order valence-corrected chi connectivity index (χ3v) is 3.36. The topological polar surface area (TPSA) is 59.6 Å². The number of rotatable bonds is 6. The van der Waals surface area contributed by atoms with E-state index in [0.29, 0.717) is 30.2 Å². The van der Waals surface area contributed by atoms with Gasteiger partial charge in [-0.2, -0.15) is 0 Å². The van der Waals surface area contributed by atoms with Crippen LogP contribution in [0.5, 0.6) is 11.5 Å². The van der Waals surface area contributed by atoms with Gasteiger partial charge in [0, 0.05) is 18.7 Å². The zero-order valence-electron chi connectivity index (χ0n) is 12.6. The number of amides is 1.